The minimum atomic E-state index is 0.765. The third-order valence-electron chi connectivity index (χ3n) is 2.97. The molecule has 0 nitrogen and oxygen atoms in total. The number of allylic oxidation sites excluding steroid dienone is 2. The van der Waals surface area contributed by atoms with Crippen LogP contribution in [-0.2, 0) is 0 Å². The largest absolute Gasteiger partial charge is 0.0853 e. The summed E-state index contributed by atoms with van der Waals surface area (Å²) >= 11 is 0. The van der Waals surface area contributed by atoms with Gasteiger partial charge in [-0.3, -0.25) is 0 Å². The molecule has 0 spiro atoms. The maximum Gasteiger partial charge on any atom is -0.0209 e. The second-order valence-corrected chi connectivity index (χ2v) is 3.91. The molecule has 0 heterocycles. The molecule has 0 N–H and O–H groups in total. The third-order valence-corrected chi connectivity index (χ3v) is 2.97. The van der Waals surface area contributed by atoms with E-state index in [1.54, 1.807) is 5.57 Å². The van der Waals surface area contributed by atoms with E-state index in [9.17, 15) is 0 Å². The molecule has 0 rings (SSSR count). The van der Waals surface area contributed by atoms with Crippen molar-refractivity contribution in [2.24, 2.45) is 11.8 Å². The fourth-order valence-electron chi connectivity index (χ4n) is 1.36. The topological polar surface area (TPSA) is 0 Å². The summed E-state index contributed by atoms with van der Waals surface area (Å²) in [5, 5.41) is 0. The maximum atomic E-state index is 2.40. The molecule has 12 heavy (non-hydrogen) atoms. The van der Waals surface area contributed by atoms with Gasteiger partial charge in [-0.1, -0.05) is 52.2 Å². The zero-order valence-corrected chi connectivity index (χ0v) is 9.35. The summed E-state index contributed by atoms with van der Waals surface area (Å²) in [7, 11) is 0. The van der Waals surface area contributed by atoms with Crippen molar-refractivity contribution in [1.29, 1.82) is 0 Å². The SMILES string of the molecule is CCCC=C(C)C(C)C(C)CC. The van der Waals surface area contributed by atoms with E-state index in [1.165, 1.54) is 19.3 Å². The molecular formula is C12H24. The summed E-state index contributed by atoms with van der Waals surface area (Å²) in [4.78, 5) is 0. The average Bonchev–Trinajstić information content (AvgIpc) is 2.11. The number of hydrogen-bond acceptors (Lipinski definition) is 0. The maximum absolute atomic E-state index is 2.40. The monoisotopic (exact) mass is 168 g/mol. The van der Waals surface area contributed by atoms with Crippen LogP contribution in [0.25, 0.3) is 0 Å². The van der Waals surface area contributed by atoms with E-state index < -0.39 is 0 Å². The van der Waals surface area contributed by atoms with Gasteiger partial charge in [0.1, 0.15) is 0 Å². The van der Waals surface area contributed by atoms with E-state index in [0.29, 0.717) is 0 Å². The fourth-order valence-corrected chi connectivity index (χ4v) is 1.36. The Bertz CT molecular complexity index is 133. The lowest BCUT2D eigenvalue weighted by Crippen LogP contribution is -2.07. The lowest BCUT2D eigenvalue weighted by Gasteiger charge is -2.19. The van der Waals surface area contributed by atoms with Crippen LogP contribution in [0.3, 0.4) is 0 Å². The highest BCUT2D eigenvalue weighted by atomic mass is 14.2. The van der Waals surface area contributed by atoms with Crippen LogP contribution in [0, 0.1) is 11.8 Å². The standard InChI is InChI=1S/C12H24/c1-6-8-9-11(4)12(5)10(3)7-2/h9-10,12H,6-8H2,1-5H3. The van der Waals surface area contributed by atoms with Gasteiger partial charge in [0.15, 0.2) is 0 Å². The van der Waals surface area contributed by atoms with E-state index in [2.05, 4.69) is 40.7 Å². The molecule has 0 bridgehead atoms. The van der Waals surface area contributed by atoms with Gasteiger partial charge in [-0.25, -0.2) is 0 Å². The Morgan fingerprint density at radius 1 is 1.25 bits per heavy atom. The molecule has 0 radical (unpaired) electrons. The number of hydrogen-bond donors (Lipinski definition) is 0. The van der Waals surface area contributed by atoms with Crippen molar-refractivity contribution in [3.63, 3.8) is 0 Å². The molecule has 0 aromatic carbocycles. The van der Waals surface area contributed by atoms with E-state index in [4.69, 9.17) is 0 Å². The number of unbranched alkanes of at least 4 members (excludes halogenated alkanes) is 1. The Hall–Kier alpha value is -0.260. The third kappa shape index (κ3) is 3.94. The second-order valence-electron chi connectivity index (χ2n) is 3.91. The molecule has 0 amide bonds. The predicted molar refractivity (Wildman–Crippen MR) is 57.3 cm³/mol. The quantitative estimate of drug-likeness (QED) is 0.533. The Morgan fingerprint density at radius 2 is 1.83 bits per heavy atom. The predicted octanol–water partition coefficient (Wildman–Crippen LogP) is 4.42. The van der Waals surface area contributed by atoms with Crippen LogP contribution >= 0.6 is 0 Å². The first kappa shape index (κ1) is 11.7. The van der Waals surface area contributed by atoms with Gasteiger partial charge in [0.25, 0.3) is 0 Å². The summed E-state index contributed by atoms with van der Waals surface area (Å²) in [5.74, 6) is 1.60. The minimum absolute atomic E-state index is 0.765. The first-order chi connectivity index (χ1) is 5.63. The molecule has 0 aliphatic carbocycles. The summed E-state index contributed by atoms with van der Waals surface area (Å²) < 4.78 is 0. The molecule has 2 unspecified atom stereocenters. The van der Waals surface area contributed by atoms with Crippen LogP contribution in [-0.4, -0.2) is 0 Å². The Balaban J connectivity index is 3.98. The van der Waals surface area contributed by atoms with Crippen molar-refractivity contribution in [1.82, 2.24) is 0 Å². The fraction of sp³-hybridized carbons (Fsp3) is 0.833. The van der Waals surface area contributed by atoms with Crippen molar-refractivity contribution in [2.75, 3.05) is 0 Å². The van der Waals surface area contributed by atoms with Crippen molar-refractivity contribution in [2.45, 2.75) is 53.9 Å². The summed E-state index contributed by atoms with van der Waals surface area (Å²) in [5.41, 5.74) is 1.58. The van der Waals surface area contributed by atoms with Gasteiger partial charge >= 0.3 is 0 Å². The van der Waals surface area contributed by atoms with Crippen LogP contribution in [0.15, 0.2) is 11.6 Å². The molecule has 0 saturated carbocycles. The van der Waals surface area contributed by atoms with Crippen molar-refractivity contribution in [3.8, 4) is 0 Å². The van der Waals surface area contributed by atoms with E-state index in [-0.39, 0.29) is 0 Å². The van der Waals surface area contributed by atoms with E-state index >= 15 is 0 Å². The van der Waals surface area contributed by atoms with Gasteiger partial charge in [0.05, 0.1) is 0 Å². The molecule has 0 aliphatic rings. The minimum Gasteiger partial charge on any atom is -0.0853 e. The van der Waals surface area contributed by atoms with Gasteiger partial charge in [-0.15, -0.1) is 0 Å². The first-order valence-electron chi connectivity index (χ1n) is 5.30. The van der Waals surface area contributed by atoms with Gasteiger partial charge in [0, 0.05) is 0 Å². The summed E-state index contributed by atoms with van der Waals surface area (Å²) in [6.45, 7) is 11.5. The highest BCUT2D eigenvalue weighted by Gasteiger charge is 2.10. The van der Waals surface area contributed by atoms with Crippen LogP contribution in [0.5, 0.6) is 0 Å². The highest BCUT2D eigenvalue weighted by molar-refractivity contribution is 5.03. The lowest BCUT2D eigenvalue weighted by molar-refractivity contribution is 0.426. The van der Waals surface area contributed by atoms with Crippen molar-refractivity contribution < 1.29 is 0 Å². The lowest BCUT2D eigenvalue weighted by atomic mass is 9.87. The second kappa shape index (κ2) is 6.28. The molecule has 72 valence electrons. The normalized spacial score (nSPS) is 17.6. The van der Waals surface area contributed by atoms with Crippen LogP contribution < -0.4 is 0 Å². The first-order valence-corrected chi connectivity index (χ1v) is 5.30. The Morgan fingerprint density at radius 3 is 2.25 bits per heavy atom. The molecular weight excluding hydrogens is 144 g/mol. The molecule has 0 saturated heterocycles. The van der Waals surface area contributed by atoms with Crippen molar-refractivity contribution in [3.05, 3.63) is 11.6 Å². The summed E-state index contributed by atoms with van der Waals surface area (Å²) in [6, 6.07) is 0. The Kier molecular flexibility index (Phi) is 6.14. The zero-order valence-electron chi connectivity index (χ0n) is 9.35. The van der Waals surface area contributed by atoms with Gasteiger partial charge in [0.2, 0.25) is 0 Å². The van der Waals surface area contributed by atoms with E-state index in [0.717, 1.165) is 11.8 Å². The zero-order chi connectivity index (χ0) is 9.56. The average molecular weight is 168 g/mol. The molecule has 0 aliphatic heterocycles. The highest BCUT2D eigenvalue weighted by Crippen LogP contribution is 2.22. The summed E-state index contributed by atoms with van der Waals surface area (Å²) in [6.07, 6.45) is 6.20. The molecule has 0 aromatic heterocycles. The molecule has 0 aromatic rings. The van der Waals surface area contributed by atoms with Gasteiger partial charge in [-0.2, -0.15) is 0 Å². The Labute approximate surface area is 78.1 Å². The van der Waals surface area contributed by atoms with Crippen LogP contribution in [0.1, 0.15) is 53.9 Å². The van der Waals surface area contributed by atoms with Crippen LogP contribution in [0.4, 0.5) is 0 Å². The van der Waals surface area contributed by atoms with Crippen LogP contribution in [0.2, 0.25) is 0 Å². The van der Waals surface area contributed by atoms with Crippen molar-refractivity contribution >= 4 is 0 Å². The molecule has 0 heteroatoms. The molecule has 0 fully saturated rings. The number of rotatable bonds is 5. The smallest absolute Gasteiger partial charge is 0.0209 e. The van der Waals surface area contributed by atoms with E-state index in [1.807, 2.05) is 0 Å². The molecule has 2 atom stereocenters. The van der Waals surface area contributed by atoms with Gasteiger partial charge < -0.3 is 0 Å². The van der Waals surface area contributed by atoms with Gasteiger partial charge in [-0.05, 0) is 25.2 Å².